The highest BCUT2D eigenvalue weighted by atomic mass is 16.7. The molecule has 0 spiro atoms. The molecule has 0 saturated carbocycles. The van der Waals surface area contributed by atoms with E-state index in [1.807, 2.05) is 37.7 Å². The summed E-state index contributed by atoms with van der Waals surface area (Å²) in [6.45, 7) is 1.84. The molecular weight excluding hydrogens is 194 g/mol. The molecule has 2 aromatic heterocycles. The molecule has 0 bridgehead atoms. The van der Waals surface area contributed by atoms with E-state index in [-0.39, 0.29) is 0 Å². The largest absolute Gasteiger partial charge is 0.360 e. The van der Waals surface area contributed by atoms with Crippen LogP contribution in [0.2, 0.25) is 0 Å². The van der Waals surface area contributed by atoms with E-state index in [2.05, 4.69) is 15.3 Å². The fourth-order valence-corrected chi connectivity index (χ4v) is 1.01. The maximum atomic E-state index is 5.45. The van der Waals surface area contributed by atoms with E-state index < -0.39 is 0 Å². The maximum absolute atomic E-state index is 5.45. The third kappa shape index (κ3) is 1.78. The molecule has 0 N–H and O–H groups in total. The van der Waals surface area contributed by atoms with Crippen LogP contribution in [0.1, 0.15) is 6.92 Å². The van der Waals surface area contributed by atoms with Crippen LogP contribution in [0, 0.1) is 0 Å². The second-order valence-electron chi connectivity index (χ2n) is 3.31. The highest BCUT2D eigenvalue weighted by molar-refractivity contribution is 5.71. The van der Waals surface area contributed by atoms with Crippen LogP contribution in [-0.4, -0.2) is 44.7 Å². The monoisotopic (exact) mass is 206 g/mol. The fourth-order valence-electron chi connectivity index (χ4n) is 1.01. The highest BCUT2D eigenvalue weighted by Gasteiger charge is 2.09. The number of hydrogen-bond donors (Lipinski definition) is 0. The second kappa shape index (κ2) is 3.64. The molecule has 15 heavy (non-hydrogen) atoms. The molecule has 2 rings (SSSR count). The molecule has 0 saturated heterocycles. The standard InChI is InChI=1S/C9H12N5O/c1-7(13(2)3)15-14-9-8(11-12-14)5-4-6-10-9/h4-6H,1-3H3/q+1. The SMILES string of the molecule is CC(On1nnc2cccnc21)=[N+](C)C. The molecule has 0 unspecified atom stereocenters. The number of rotatable bonds is 1. The van der Waals surface area contributed by atoms with Gasteiger partial charge in [-0.3, -0.25) is 4.84 Å². The van der Waals surface area contributed by atoms with Crippen LogP contribution in [0.5, 0.6) is 0 Å². The van der Waals surface area contributed by atoms with Gasteiger partial charge in [0.05, 0.1) is 6.92 Å². The van der Waals surface area contributed by atoms with Crippen LogP contribution < -0.4 is 4.84 Å². The van der Waals surface area contributed by atoms with Gasteiger partial charge in [-0.05, 0) is 22.2 Å². The average Bonchev–Trinajstić information content (AvgIpc) is 2.62. The molecule has 0 aromatic carbocycles. The Hall–Kier alpha value is -1.98. The molecule has 78 valence electrons. The van der Waals surface area contributed by atoms with Gasteiger partial charge >= 0.3 is 5.90 Å². The van der Waals surface area contributed by atoms with E-state index in [0.29, 0.717) is 17.1 Å². The van der Waals surface area contributed by atoms with Gasteiger partial charge in [-0.25, -0.2) is 9.56 Å². The third-order valence-electron chi connectivity index (χ3n) is 2.03. The quantitative estimate of drug-likeness (QED) is 0.373. The molecule has 6 heteroatoms. The van der Waals surface area contributed by atoms with Crippen LogP contribution >= 0.6 is 0 Å². The third-order valence-corrected chi connectivity index (χ3v) is 2.03. The van der Waals surface area contributed by atoms with Crippen molar-refractivity contribution in [3.63, 3.8) is 0 Å². The van der Waals surface area contributed by atoms with Crippen molar-refractivity contribution in [2.24, 2.45) is 0 Å². The summed E-state index contributed by atoms with van der Waals surface area (Å²) in [4.78, 5) is 10.9. The minimum Gasteiger partial charge on any atom is -0.295 e. The summed E-state index contributed by atoms with van der Waals surface area (Å²) >= 11 is 0. The Morgan fingerprint density at radius 3 is 3.00 bits per heavy atom. The van der Waals surface area contributed by atoms with Crippen molar-refractivity contribution in [1.82, 2.24) is 20.1 Å². The molecule has 0 fully saturated rings. The second-order valence-corrected chi connectivity index (χ2v) is 3.31. The van der Waals surface area contributed by atoms with Crippen LogP contribution in [-0.2, 0) is 0 Å². The smallest absolute Gasteiger partial charge is 0.295 e. The summed E-state index contributed by atoms with van der Waals surface area (Å²) < 4.78 is 1.84. The van der Waals surface area contributed by atoms with E-state index in [0.717, 1.165) is 0 Å². The Morgan fingerprint density at radius 2 is 2.27 bits per heavy atom. The van der Waals surface area contributed by atoms with Gasteiger partial charge in [0.25, 0.3) is 0 Å². The zero-order chi connectivity index (χ0) is 10.8. The van der Waals surface area contributed by atoms with E-state index in [9.17, 15) is 0 Å². The van der Waals surface area contributed by atoms with Crippen molar-refractivity contribution in [2.75, 3.05) is 14.1 Å². The Balaban J connectivity index is 2.41. The zero-order valence-corrected chi connectivity index (χ0v) is 8.88. The van der Waals surface area contributed by atoms with E-state index in [4.69, 9.17) is 4.84 Å². The summed E-state index contributed by atoms with van der Waals surface area (Å²) in [6.07, 6.45) is 1.68. The number of fused-ring (bicyclic) bond motifs is 1. The minimum atomic E-state index is 0.610. The molecule has 0 aliphatic heterocycles. The topological polar surface area (TPSA) is 55.8 Å². The van der Waals surface area contributed by atoms with Gasteiger partial charge in [0.15, 0.2) is 0 Å². The molecule has 0 atom stereocenters. The predicted molar refractivity (Wildman–Crippen MR) is 54.7 cm³/mol. The van der Waals surface area contributed by atoms with Crippen LogP contribution in [0.15, 0.2) is 18.3 Å². The molecule has 0 radical (unpaired) electrons. The van der Waals surface area contributed by atoms with Gasteiger partial charge in [-0.2, -0.15) is 0 Å². The first-order chi connectivity index (χ1) is 7.18. The number of nitrogens with zero attached hydrogens (tertiary/aromatic N) is 5. The van der Waals surface area contributed by atoms with Crippen molar-refractivity contribution < 1.29 is 9.41 Å². The number of pyridine rings is 1. The highest BCUT2D eigenvalue weighted by Crippen LogP contribution is 2.04. The van der Waals surface area contributed by atoms with E-state index in [1.165, 1.54) is 4.85 Å². The molecule has 0 aliphatic carbocycles. The molecule has 6 nitrogen and oxygen atoms in total. The van der Waals surface area contributed by atoms with Gasteiger partial charge in [-0.1, -0.05) is 0 Å². The lowest BCUT2D eigenvalue weighted by Crippen LogP contribution is -2.25. The van der Waals surface area contributed by atoms with Crippen molar-refractivity contribution in [3.8, 4) is 0 Å². The predicted octanol–water partition coefficient (Wildman–Crippen LogP) is -0.0546. The first kappa shape index (κ1) is 9.57. The van der Waals surface area contributed by atoms with Gasteiger partial charge < -0.3 is 0 Å². The van der Waals surface area contributed by atoms with Crippen molar-refractivity contribution in [1.29, 1.82) is 0 Å². The van der Waals surface area contributed by atoms with Crippen molar-refractivity contribution in [2.45, 2.75) is 6.92 Å². The Labute approximate surface area is 86.8 Å². The first-order valence-electron chi connectivity index (χ1n) is 4.54. The molecule has 2 heterocycles. The van der Waals surface area contributed by atoms with E-state index >= 15 is 0 Å². The van der Waals surface area contributed by atoms with Crippen LogP contribution in [0.4, 0.5) is 0 Å². The van der Waals surface area contributed by atoms with Crippen LogP contribution in [0.3, 0.4) is 0 Å². The number of hydrogen-bond acceptors (Lipinski definition) is 4. The lowest BCUT2D eigenvalue weighted by atomic mass is 10.4. The van der Waals surface area contributed by atoms with Gasteiger partial charge in [0, 0.05) is 6.20 Å². The van der Waals surface area contributed by atoms with Crippen LogP contribution in [0.25, 0.3) is 11.2 Å². The summed E-state index contributed by atoms with van der Waals surface area (Å²) in [6, 6.07) is 3.64. The summed E-state index contributed by atoms with van der Waals surface area (Å²) in [5, 5.41) is 7.78. The molecular formula is C9H12N5O+. The average molecular weight is 206 g/mol. The Bertz CT molecular complexity index is 512. The van der Waals surface area contributed by atoms with Crippen molar-refractivity contribution in [3.05, 3.63) is 18.3 Å². The minimum absolute atomic E-state index is 0.610. The maximum Gasteiger partial charge on any atom is 0.360 e. The number of aromatic nitrogens is 4. The lowest BCUT2D eigenvalue weighted by Gasteiger charge is -2.00. The Kier molecular flexibility index (Phi) is 2.32. The zero-order valence-electron chi connectivity index (χ0n) is 8.88. The fraction of sp³-hybridized carbons (Fsp3) is 0.333. The van der Waals surface area contributed by atoms with E-state index in [1.54, 1.807) is 6.20 Å². The van der Waals surface area contributed by atoms with Crippen molar-refractivity contribution >= 4 is 17.1 Å². The van der Waals surface area contributed by atoms with Gasteiger partial charge in [0.2, 0.25) is 5.65 Å². The van der Waals surface area contributed by atoms with Gasteiger partial charge in [0.1, 0.15) is 19.6 Å². The molecule has 0 amide bonds. The molecule has 2 aromatic rings. The first-order valence-corrected chi connectivity index (χ1v) is 4.54. The lowest BCUT2D eigenvalue weighted by molar-refractivity contribution is -0.474. The Morgan fingerprint density at radius 1 is 1.47 bits per heavy atom. The molecule has 0 aliphatic rings. The normalized spacial score (nSPS) is 10.3. The summed E-state index contributed by atoms with van der Waals surface area (Å²) in [5.74, 6) is 0.715. The summed E-state index contributed by atoms with van der Waals surface area (Å²) in [7, 11) is 3.78. The van der Waals surface area contributed by atoms with Gasteiger partial charge in [-0.15, -0.1) is 5.10 Å². The summed E-state index contributed by atoms with van der Waals surface area (Å²) in [5.41, 5.74) is 1.32.